The molecule has 1 aromatic heterocycles. The molecule has 0 spiro atoms. The van der Waals surface area contributed by atoms with Gasteiger partial charge in [0.05, 0.1) is 17.9 Å². The number of aliphatic hydroxyl groups is 1. The van der Waals surface area contributed by atoms with E-state index in [0.717, 1.165) is 31.4 Å². The predicted molar refractivity (Wildman–Crippen MR) is 88.2 cm³/mol. The van der Waals surface area contributed by atoms with Crippen molar-refractivity contribution < 1.29 is 18.3 Å². The van der Waals surface area contributed by atoms with Crippen LogP contribution in [0.4, 0.5) is 13.2 Å². The zero-order chi connectivity index (χ0) is 18.0. The number of aromatic nitrogens is 2. The number of nitrogens with one attached hydrogen (secondary N) is 1. The monoisotopic (exact) mass is 353 g/mol. The highest BCUT2D eigenvalue weighted by molar-refractivity contribution is 5.25. The Balaban J connectivity index is 1.48. The van der Waals surface area contributed by atoms with Gasteiger partial charge in [0.1, 0.15) is 0 Å². The molecule has 2 atom stereocenters. The van der Waals surface area contributed by atoms with Gasteiger partial charge in [-0.15, -0.1) is 0 Å². The van der Waals surface area contributed by atoms with Crippen molar-refractivity contribution in [3.63, 3.8) is 0 Å². The third-order valence-electron chi connectivity index (χ3n) is 4.74. The summed E-state index contributed by atoms with van der Waals surface area (Å²) in [4.78, 5) is 0. The van der Waals surface area contributed by atoms with E-state index < -0.39 is 17.8 Å². The second kappa shape index (κ2) is 7.17. The molecule has 1 aliphatic carbocycles. The zero-order valence-electron chi connectivity index (χ0n) is 14.1. The van der Waals surface area contributed by atoms with Crippen molar-refractivity contribution >= 4 is 0 Å². The van der Waals surface area contributed by atoms with E-state index >= 15 is 0 Å². The van der Waals surface area contributed by atoms with Crippen LogP contribution in [0, 0.1) is 0 Å². The van der Waals surface area contributed by atoms with Crippen LogP contribution >= 0.6 is 0 Å². The van der Waals surface area contributed by atoms with Crippen LogP contribution in [0.2, 0.25) is 0 Å². The number of halogens is 3. The SMILES string of the molecule is Cn1ncc2c1CC(NCC(O)Cc1ccc(C(F)(F)F)cc1)CC2. The minimum absolute atomic E-state index is 0.283. The standard InChI is InChI=1S/C18H22F3N3O/c1-24-17-9-15(7-4-13(17)10-23-24)22-11-16(25)8-12-2-5-14(6-3-12)18(19,20)21/h2-3,5-6,10,15-16,22,25H,4,7-9,11H2,1H3. The van der Waals surface area contributed by atoms with Gasteiger partial charge < -0.3 is 10.4 Å². The Bertz CT molecular complexity index is 709. The summed E-state index contributed by atoms with van der Waals surface area (Å²) < 4.78 is 39.6. The molecule has 0 bridgehead atoms. The van der Waals surface area contributed by atoms with Gasteiger partial charge in [-0.05, 0) is 42.5 Å². The first-order chi connectivity index (χ1) is 11.8. The van der Waals surface area contributed by atoms with E-state index in [2.05, 4.69) is 10.4 Å². The molecule has 0 saturated heterocycles. The Morgan fingerprint density at radius 1 is 1.32 bits per heavy atom. The lowest BCUT2D eigenvalue weighted by Crippen LogP contribution is -2.40. The number of rotatable bonds is 5. The predicted octanol–water partition coefficient (Wildman–Crippen LogP) is 2.49. The van der Waals surface area contributed by atoms with Crippen LogP contribution < -0.4 is 5.32 Å². The lowest BCUT2D eigenvalue weighted by Gasteiger charge is -2.25. The topological polar surface area (TPSA) is 50.1 Å². The van der Waals surface area contributed by atoms with Crippen LogP contribution in [0.3, 0.4) is 0 Å². The molecule has 2 unspecified atom stereocenters. The highest BCUT2D eigenvalue weighted by Gasteiger charge is 2.30. The van der Waals surface area contributed by atoms with Gasteiger partial charge in [-0.25, -0.2) is 0 Å². The summed E-state index contributed by atoms with van der Waals surface area (Å²) in [5.74, 6) is 0. The van der Waals surface area contributed by atoms with Crippen LogP contribution in [0.5, 0.6) is 0 Å². The average Bonchev–Trinajstić information content (AvgIpc) is 2.93. The number of aliphatic hydroxyl groups excluding tert-OH is 1. The Morgan fingerprint density at radius 2 is 2.04 bits per heavy atom. The van der Waals surface area contributed by atoms with Gasteiger partial charge in [-0.2, -0.15) is 18.3 Å². The number of aryl methyl sites for hydroxylation is 2. The van der Waals surface area contributed by atoms with Crippen molar-refractivity contribution in [3.8, 4) is 0 Å². The number of benzene rings is 1. The summed E-state index contributed by atoms with van der Waals surface area (Å²) in [6, 6.07) is 5.25. The molecule has 0 fully saturated rings. The van der Waals surface area contributed by atoms with Crippen molar-refractivity contribution in [1.29, 1.82) is 0 Å². The van der Waals surface area contributed by atoms with Gasteiger partial charge in [0.15, 0.2) is 0 Å². The number of hydrogen-bond acceptors (Lipinski definition) is 3. The highest BCUT2D eigenvalue weighted by atomic mass is 19.4. The van der Waals surface area contributed by atoms with Gasteiger partial charge in [-0.1, -0.05) is 12.1 Å². The molecule has 7 heteroatoms. The molecule has 2 N–H and O–H groups in total. The first-order valence-electron chi connectivity index (χ1n) is 8.40. The number of alkyl halides is 3. The fourth-order valence-corrected chi connectivity index (χ4v) is 3.30. The fourth-order valence-electron chi connectivity index (χ4n) is 3.30. The van der Waals surface area contributed by atoms with Gasteiger partial charge in [0.2, 0.25) is 0 Å². The average molecular weight is 353 g/mol. The highest BCUT2D eigenvalue weighted by Crippen LogP contribution is 2.29. The van der Waals surface area contributed by atoms with Crippen molar-refractivity contribution in [1.82, 2.24) is 15.1 Å². The van der Waals surface area contributed by atoms with E-state index in [9.17, 15) is 18.3 Å². The summed E-state index contributed by atoms with van der Waals surface area (Å²) in [5, 5.41) is 17.8. The molecule has 0 saturated carbocycles. The van der Waals surface area contributed by atoms with Crippen molar-refractivity contribution in [2.75, 3.05) is 6.54 Å². The summed E-state index contributed by atoms with van der Waals surface area (Å²) in [6.07, 6.45) is 0.106. The maximum atomic E-state index is 12.6. The van der Waals surface area contributed by atoms with Crippen molar-refractivity contribution in [3.05, 3.63) is 52.8 Å². The first kappa shape index (κ1) is 17.9. The maximum Gasteiger partial charge on any atom is 0.416 e. The second-order valence-electron chi connectivity index (χ2n) is 6.64. The zero-order valence-corrected chi connectivity index (χ0v) is 14.1. The van der Waals surface area contributed by atoms with Gasteiger partial charge >= 0.3 is 6.18 Å². The third-order valence-corrected chi connectivity index (χ3v) is 4.74. The summed E-state index contributed by atoms with van der Waals surface area (Å²) in [7, 11) is 1.93. The van der Waals surface area contributed by atoms with E-state index in [4.69, 9.17) is 0 Å². The largest absolute Gasteiger partial charge is 0.416 e. The van der Waals surface area contributed by atoms with E-state index in [1.807, 2.05) is 17.9 Å². The van der Waals surface area contributed by atoms with E-state index in [-0.39, 0.29) is 6.04 Å². The van der Waals surface area contributed by atoms with Crippen LogP contribution in [-0.4, -0.2) is 33.6 Å². The number of fused-ring (bicyclic) bond motifs is 1. The lowest BCUT2D eigenvalue weighted by molar-refractivity contribution is -0.137. The molecule has 136 valence electrons. The summed E-state index contributed by atoms with van der Waals surface area (Å²) in [5.41, 5.74) is 2.53. The smallest absolute Gasteiger partial charge is 0.391 e. The normalized spacial score (nSPS) is 18.8. The first-order valence-corrected chi connectivity index (χ1v) is 8.40. The molecule has 3 rings (SSSR count). The Kier molecular flexibility index (Phi) is 5.15. The van der Waals surface area contributed by atoms with Crippen LogP contribution in [-0.2, 0) is 32.5 Å². The van der Waals surface area contributed by atoms with Crippen molar-refractivity contribution in [2.24, 2.45) is 7.05 Å². The second-order valence-corrected chi connectivity index (χ2v) is 6.64. The van der Waals surface area contributed by atoms with Gasteiger partial charge in [0.25, 0.3) is 0 Å². The number of nitrogens with zero attached hydrogens (tertiary/aromatic N) is 2. The molecular formula is C18H22F3N3O. The summed E-state index contributed by atoms with van der Waals surface area (Å²) >= 11 is 0. The molecule has 0 amide bonds. The maximum absolute atomic E-state index is 12.6. The lowest BCUT2D eigenvalue weighted by atomic mass is 9.93. The van der Waals surface area contributed by atoms with Crippen LogP contribution in [0.15, 0.2) is 30.5 Å². The molecule has 1 heterocycles. The Hall–Kier alpha value is -1.86. The third kappa shape index (κ3) is 4.41. The van der Waals surface area contributed by atoms with Gasteiger partial charge in [-0.3, -0.25) is 4.68 Å². The van der Waals surface area contributed by atoms with E-state index in [1.54, 1.807) is 0 Å². The molecule has 1 aromatic carbocycles. The minimum atomic E-state index is -4.33. The van der Waals surface area contributed by atoms with E-state index in [1.165, 1.54) is 23.4 Å². The fraction of sp³-hybridized carbons (Fsp3) is 0.500. The number of hydrogen-bond donors (Lipinski definition) is 2. The molecule has 0 aliphatic heterocycles. The molecule has 0 radical (unpaired) electrons. The molecule has 25 heavy (non-hydrogen) atoms. The quantitative estimate of drug-likeness (QED) is 0.868. The Morgan fingerprint density at radius 3 is 2.72 bits per heavy atom. The summed E-state index contributed by atoms with van der Waals surface area (Å²) in [6.45, 7) is 0.416. The molecule has 1 aliphatic rings. The van der Waals surface area contributed by atoms with Crippen molar-refractivity contribution in [2.45, 2.75) is 44.0 Å². The minimum Gasteiger partial charge on any atom is -0.391 e. The molecule has 4 nitrogen and oxygen atoms in total. The van der Waals surface area contributed by atoms with Crippen LogP contribution in [0.25, 0.3) is 0 Å². The molecule has 2 aromatic rings. The van der Waals surface area contributed by atoms with Crippen LogP contribution in [0.1, 0.15) is 28.8 Å². The molecular weight excluding hydrogens is 331 g/mol. The van der Waals surface area contributed by atoms with Gasteiger partial charge in [0, 0.05) is 31.7 Å². The van der Waals surface area contributed by atoms with E-state index in [0.29, 0.717) is 18.5 Å². The Labute approximate surface area is 144 Å².